The molecule has 4 heteroatoms. The van der Waals surface area contributed by atoms with Crippen molar-refractivity contribution >= 4 is 29.1 Å². The molecule has 0 bridgehead atoms. The predicted octanol–water partition coefficient (Wildman–Crippen LogP) is 5.10. The highest BCUT2D eigenvalue weighted by molar-refractivity contribution is 7.99. The Kier molecular flexibility index (Phi) is 6.44. The van der Waals surface area contributed by atoms with E-state index >= 15 is 0 Å². The van der Waals surface area contributed by atoms with E-state index in [4.69, 9.17) is 0 Å². The molecule has 3 nitrogen and oxygen atoms in total. The quantitative estimate of drug-likeness (QED) is 0.585. The number of aryl methyl sites for hydroxylation is 1. The first-order valence-corrected chi connectivity index (χ1v) is 9.91. The molecule has 1 amide bonds. The van der Waals surface area contributed by atoms with Crippen LogP contribution in [0.3, 0.4) is 0 Å². The standard InChI is InChI=1S/C23H21NO2S/c1-17-9-5-6-12-19(17)15-27-16-22(25)24-21-14-8-7-13-20(21)23(26)18-10-3-2-4-11-18/h2-14H,15-16H2,1H3,(H,24,25). The fourth-order valence-electron chi connectivity index (χ4n) is 2.75. The number of para-hydroxylation sites is 1. The van der Waals surface area contributed by atoms with Gasteiger partial charge in [0.1, 0.15) is 0 Å². The number of carbonyl (C=O) groups excluding carboxylic acids is 2. The first kappa shape index (κ1) is 18.9. The minimum atomic E-state index is -0.109. The maximum atomic E-state index is 12.7. The number of nitrogens with one attached hydrogen (secondary N) is 1. The number of benzene rings is 3. The van der Waals surface area contributed by atoms with Crippen molar-refractivity contribution in [2.45, 2.75) is 12.7 Å². The number of carbonyl (C=O) groups is 2. The summed E-state index contributed by atoms with van der Waals surface area (Å²) in [6, 6.07) is 24.4. The number of rotatable bonds is 7. The van der Waals surface area contributed by atoms with Crippen LogP contribution in [-0.2, 0) is 10.5 Å². The van der Waals surface area contributed by atoms with E-state index in [1.54, 1.807) is 42.1 Å². The van der Waals surface area contributed by atoms with E-state index in [0.717, 1.165) is 5.75 Å². The van der Waals surface area contributed by atoms with Gasteiger partial charge in [-0.1, -0.05) is 66.7 Å². The second-order valence-corrected chi connectivity index (χ2v) is 7.19. The van der Waals surface area contributed by atoms with Crippen LogP contribution in [0.15, 0.2) is 78.9 Å². The minimum Gasteiger partial charge on any atom is -0.325 e. The number of hydrogen-bond donors (Lipinski definition) is 1. The lowest BCUT2D eigenvalue weighted by atomic mass is 10.0. The van der Waals surface area contributed by atoms with Crippen LogP contribution in [0.5, 0.6) is 0 Å². The average molecular weight is 375 g/mol. The van der Waals surface area contributed by atoms with E-state index in [9.17, 15) is 9.59 Å². The monoisotopic (exact) mass is 375 g/mol. The van der Waals surface area contributed by atoms with Crippen LogP contribution in [0.4, 0.5) is 5.69 Å². The van der Waals surface area contributed by atoms with E-state index in [1.165, 1.54) is 11.1 Å². The summed E-state index contributed by atoms with van der Waals surface area (Å²) >= 11 is 1.56. The molecular formula is C23H21NO2S. The summed E-state index contributed by atoms with van der Waals surface area (Å²) in [5, 5.41) is 2.88. The van der Waals surface area contributed by atoms with E-state index in [1.807, 2.05) is 36.4 Å². The Hall–Kier alpha value is -2.85. The molecule has 0 spiro atoms. The fraction of sp³-hybridized carbons (Fsp3) is 0.130. The molecule has 3 aromatic carbocycles. The van der Waals surface area contributed by atoms with Crippen LogP contribution < -0.4 is 5.32 Å². The molecule has 0 aliphatic rings. The third-order valence-corrected chi connectivity index (χ3v) is 5.22. The van der Waals surface area contributed by atoms with E-state index in [2.05, 4.69) is 24.4 Å². The zero-order valence-corrected chi connectivity index (χ0v) is 16.0. The summed E-state index contributed by atoms with van der Waals surface area (Å²) in [4.78, 5) is 25.1. The highest BCUT2D eigenvalue weighted by Gasteiger charge is 2.14. The number of hydrogen-bond acceptors (Lipinski definition) is 3. The average Bonchev–Trinajstić information content (AvgIpc) is 2.70. The van der Waals surface area contributed by atoms with Crippen LogP contribution in [-0.4, -0.2) is 17.4 Å². The molecule has 0 heterocycles. The van der Waals surface area contributed by atoms with Crippen molar-refractivity contribution in [3.8, 4) is 0 Å². The van der Waals surface area contributed by atoms with Crippen molar-refractivity contribution in [3.63, 3.8) is 0 Å². The molecule has 0 atom stereocenters. The van der Waals surface area contributed by atoms with E-state index in [0.29, 0.717) is 22.6 Å². The van der Waals surface area contributed by atoms with Crippen molar-refractivity contribution < 1.29 is 9.59 Å². The van der Waals surface area contributed by atoms with Gasteiger partial charge >= 0.3 is 0 Å². The molecule has 0 saturated carbocycles. The summed E-state index contributed by atoms with van der Waals surface area (Å²) in [5.74, 6) is 0.910. The predicted molar refractivity (Wildman–Crippen MR) is 112 cm³/mol. The molecule has 27 heavy (non-hydrogen) atoms. The van der Waals surface area contributed by atoms with Gasteiger partial charge in [-0.2, -0.15) is 0 Å². The van der Waals surface area contributed by atoms with Gasteiger partial charge in [-0.05, 0) is 30.2 Å². The van der Waals surface area contributed by atoms with Gasteiger partial charge in [0.05, 0.1) is 11.4 Å². The van der Waals surface area contributed by atoms with Gasteiger partial charge in [0.25, 0.3) is 0 Å². The summed E-state index contributed by atoms with van der Waals surface area (Å²) in [7, 11) is 0. The second kappa shape index (κ2) is 9.19. The lowest BCUT2D eigenvalue weighted by Gasteiger charge is -2.11. The Morgan fingerprint density at radius 1 is 0.852 bits per heavy atom. The maximum absolute atomic E-state index is 12.7. The normalized spacial score (nSPS) is 10.4. The molecule has 1 N–H and O–H groups in total. The highest BCUT2D eigenvalue weighted by atomic mass is 32.2. The molecule has 0 unspecified atom stereocenters. The Labute approximate surface area is 163 Å². The number of ketones is 1. The van der Waals surface area contributed by atoms with Gasteiger partial charge in [-0.15, -0.1) is 11.8 Å². The van der Waals surface area contributed by atoms with Crippen molar-refractivity contribution in [1.29, 1.82) is 0 Å². The van der Waals surface area contributed by atoms with Crippen LogP contribution in [0.25, 0.3) is 0 Å². The summed E-state index contributed by atoms with van der Waals surface area (Å²) in [6.45, 7) is 2.07. The third kappa shape index (κ3) is 5.08. The Morgan fingerprint density at radius 3 is 2.30 bits per heavy atom. The molecule has 0 radical (unpaired) electrons. The van der Waals surface area contributed by atoms with Gasteiger partial charge in [-0.25, -0.2) is 0 Å². The number of thioether (sulfide) groups is 1. The Bertz CT molecular complexity index is 938. The zero-order chi connectivity index (χ0) is 19.1. The fourth-order valence-corrected chi connectivity index (χ4v) is 3.65. The van der Waals surface area contributed by atoms with Crippen LogP contribution in [0.1, 0.15) is 27.0 Å². The van der Waals surface area contributed by atoms with Crippen LogP contribution in [0, 0.1) is 6.92 Å². The van der Waals surface area contributed by atoms with Gasteiger partial charge in [0, 0.05) is 16.9 Å². The van der Waals surface area contributed by atoms with Gasteiger partial charge in [-0.3, -0.25) is 9.59 Å². The van der Waals surface area contributed by atoms with Crippen molar-refractivity contribution in [2.24, 2.45) is 0 Å². The molecule has 0 fully saturated rings. The molecule has 0 saturated heterocycles. The minimum absolute atomic E-state index is 0.0981. The third-order valence-electron chi connectivity index (χ3n) is 4.23. The van der Waals surface area contributed by atoms with Crippen LogP contribution >= 0.6 is 11.8 Å². The number of amides is 1. The largest absolute Gasteiger partial charge is 0.325 e. The number of anilines is 1. The first-order valence-electron chi connectivity index (χ1n) is 8.76. The summed E-state index contributed by atoms with van der Waals surface area (Å²) in [5.41, 5.74) is 4.11. The molecular weight excluding hydrogens is 354 g/mol. The summed E-state index contributed by atoms with van der Waals surface area (Å²) < 4.78 is 0. The summed E-state index contributed by atoms with van der Waals surface area (Å²) in [6.07, 6.45) is 0. The Balaban J connectivity index is 1.63. The van der Waals surface area contributed by atoms with Crippen molar-refractivity contribution in [2.75, 3.05) is 11.1 Å². The topological polar surface area (TPSA) is 46.2 Å². The van der Waals surface area contributed by atoms with Gasteiger partial charge in [0.2, 0.25) is 5.91 Å². The highest BCUT2D eigenvalue weighted by Crippen LogP contribution is 2.20. The zero-order valence-electron chi connectivity index (χ0n) is 15.1. The van der Waals surface area contributed by atoms with Crippen LogP contribution in [0.2, 0.25) is 0 Å². The van der Waals surface area contributed by atoms with Gasteiger partial charge < -0.3 is 5.32 Å². The lowest BCUT2D eigenvalue weighted by molar-refractivity contribution is -0.113. The molecule has 3 aromatic rings. The Morgan fingerprint density at radius 2 is 1.52 bits per heavy atom. The first-order chi connectivity index (χ1) is 13.1. The van der Waals surface area contributed by atoms with Crippen molar-refractivity contribution in [1.82, 2.24) is 0 Å². The molecule has 136 valence electrons. The molecule has 0 aliphatic carbocycles. The van der Waals surface area contributed by atoms with Crippen molar-refractivity contribution in [3.05, 3.63) is 101 Å². The maximum Gasteiger partial charge on any atom is 0.234 e. The molecule has 3 rings (SSSR count). The smallest absolute Gasteiger partial charge is 0.234 e. The van der Waals surface area contributed by atoms with Gasteiger partial charge in [0.15, 0.2) is 5.78 Å². The molecule has 0 aromatic heterocycles. The van der Waals surface area contributed by atoms with E-state index < -0.39 is 0 Å². The lowest BCUT2D eigenvalue weighted by Crippen LogP contribution is -2.17. The SMILES string of the molecule is Cc1ccccc1CSCC(=O)Nc1ccccc1C(=O)c1ccccc1. The molecule has 0 aliphatic heterocycles. The van der Waals surface area contributed by atoms with E-state index in [-0.39, 0.29) is 11.7 Å². The second-order valence-electron chi connectivity index (χ2n) is 6.21.